The SMILES string of the molecule is C[C@H](NS(=O)(=O)c1ccc(Cl)cc1)C(=O)NCc1cccnc1-n1cccn1. The molecule has 0 spiro atoms. The van der Waals surface area contributed by atoms with E-state index in [1.807, 2.05) is 6.07 Å². The summed E-state index contributed by atoms with van der Waals surface area (Å²) in [7, 11) is -3.84. The Morgan fingerprint density at radius 3 is 2.61 bits per heavy atom. The minimum absolute atomic E-state index is 0.0322. The molecular weight excluding hydrogens is 402 g/mol. The van der Waals surface area contributed by atoms with Crippen LogP contribution in [0.25, 0.3) is 5.82 Å². The number of nitrogens with one attached hydrogen (secondary N) is 2. The van der Waals surface area contributed by atoms with Crippen molar-refractivity contribution in [2.45, 2.75) is 24.4 Å². The molecule has 2 N–H and O–H groups in total. The first kappa shape index (κ1) is 20.0. The molecule has 0 bridgehead atoms. The molecule has 1 atom stereocenters. The maximum atomic E-state index is 12.4. The van der Waals surface area contributed by atoms with Crippen molar-refractivity contribution in [3.63, 3.8) is 0 Å². The number of carbonyl (C=O) groups excluding carboxylic acids is 1. The van der Waals surface area contributed by atoms with Crippen molar-refractivity contribution in [3.05, 3.63) is 71.6 Å². The highest BCUT2D eigenvalue weighted by Crippen LogP contribution is 2.14. The number of pyridine rings is 1. The van der Waals surface area contributed by atoms with Crippen molar-refractivity contribution in [3.8, 4) is 5.82 Å². The van der Waals surface area contributed by atoms with Gasteiger partial charge in [0, 0.05) is 35.7 Å². The lowest BCUT2D eigenvalue weighted by Gasteiger charge is -2.15. The number of rotatable bonds is 7. The third kappa shape index (κ3) is 4.75. The first-order valence-corrected chi connectivity index (χ1v) is 10.2. The van der Waals surface area contributed by atoms with Gasteiger partial charge in [-0.3, -0.25) is 4.79 Å². The van der Waals surface area contributed by atoms with E-state index in [2.05, 4.69) is 20.1 Å². The van der Waals surface area contributed by atoms with E-state index in [0.29, 0.717) is 10.8 Å². The fourth-order valence-corrected chi connectivity index (χ4v) is 3.80. The highest BCUT2D eigenvalue weighted by Gasteiger charge is 2.22. The quantitative estimate of drug-likeness (QED) is 0.608. The third-order valence-electron chi connectivity index (χ3n) is 3.89. The number of amides is 1. The molecule has 3 aromatic rings. The summed E-state index contributed by atoms with van der Waals surface area (Å²) < 4.78 is 28.7. The van der Waals surface area contributed by atoms with E-state index in [1.54, 1.807) is 35.4 Å². The Bertz CT molecular complexity index is 1050. The number of nitrogens with zero attached hydrogens (tertiary/aromatic N) is 3. The minimum Gasteiger partial charge on any atom is -0.351 e. The van der Waals surface area contributed by atoms with Gasteiger partial charge in [0.1, 0.15) is 0 Å². The maximum absolute atomic E-state index is 12.4. The smallest absolute Gasteiger partial charge is 0.241 e. The van der Waals surface area contributed by atoms with Gasteiger partial charge in [0.15, 0.2) is 5.82 Å². The van der Waals surface area contributed by atoms with Crippen LogP contribution in [0.1, 0.15) is 12.5 Å². The lowest BCUT2D eigenvalue weighted by Crippen LogP contribution is -2.44. The Kier molecular flexibility index (Phi) is 6.08. The Morgan fingerprint density at radius 1 is 1.18 bits per heavy atom. The third-order valence-corrected chi connectivity index (χ3v) is 5.70. The van der Waals surface area contributed by atoms with E-state index in [4.69, 9.17) is 11.6 Å². The van der Waals surface area contributed by atoms with Gasteiger partial charge < -0.3 is 5.32 Å². The van der Waals surface area contributed by atoms with E-state index < -0.39 is 22.0 Å². The summed E-state index contributed by atoms with van der Waals surface area (Å²) in [6.45, 7) is 1.65. The van der Waals surface area contributed by atoms with Crippen molar-refractivity contribution in [2.75, 3.05) is 0 Å². The first-order valence-electron chi connectivity index (χ1n) is 8.36. The average Bonchev–Trinajstić information content (AvgIpc) is 3.21. The molecule has 0 saturated carbocycles. The van der Waals surface area contributed by atoms with Crippen LogP contribution in [0.5, 0.6) is 0 Å². The zero-order valence-corrected chi connectivity index (χ0v) is 16.5. The Balaban J connectivity index is 1.65. The highest BCUT2D eigenvalue weighted by molar-refractivity contribution is 7.89. The second-order valence-electron chi connectivity index (χ2n) is 5.95. The molecule has 2 aromatic heterocycles. The molecule has 1 amide bonds. The fraction of sp³-hybridized carbons (Fsp3) is 0.167. The number of sulfonamides is 1. The molecule has 146 valence electrons. The van der Waals surface area contributed by atoms with Gasteiger partial charge in [-0.15, -0.1) is 0 Å². The molecule has 10 heteroatoms. The van der Waals surface area contributed by atoms with Crippen LogP contribution in [0, 0.1) is 0 Å². The largest absolute Gasteiger partial charge is 0.351 e. The zero-order chi connectivity index (χ0) is 20.1. The molecular formula is C18H18ClN5O3S. The first-order chi connectivity index (χ1) is 13.4. The molecule has 0 saturated heterocycles. The minimum atomic E-state index is -3.84. The van der Waals surface area contributed by atoms with Crippen molar-refractivity contribution in [1.82, 2.24) is 24.8 Å². The number of carbonyl (C=O) groups is 1. The number of benzene rings is 1. The van der Waals surface area contributed by atoms with Crippen LogP contribution < -0.4 is 10.0 Å². The van der Waals surface area contributed by atoms with E-state index in [-0.39, 0.29) is 11.4 Å². The summed E-state index contributed by atoms with van der Waals surface area (Å²) in [6, 6.07) is 10.1. The molecule has 0 aliphatic carbocycles. The molecule has 2 heterocycles. The lowest BCUT2D eigenvalue weighted by atomic mass is 10.2. The van der Waals surface area contributed by atoms with Crippen molar-refractivity contribution < 1.29 is 13.2 Å². The second-order valence-corrected chi connectivity index (χ2v) is 8.10. The van der Waals surface area contributed by atoms with Crippen molar-refractivity contribution in [1.29, 1.82) is 0 Å². The van der Waals surface area contributed by atoms with Gasteiger partial charge in [0.25, 0.3) is 0 Å². The zero-order valence-electron chi connectivity index (χ0n) is 14.9. The molecule has 1 aromatic carbocycles. The van der Waals surface area contributed by atoms with E-state index in [0.717, 1.165) is 5.56 Å². The summed E-state index contributed by atoms with van der Waals surface area (Å²) in [5.74, 6) is 0.120. The molecule has 0 aliphatic rings. The second kappa shape index (κ2) is 8.51. The van der Waals surface area contributed by atoms with Crippen LogP contribution in [0.4, 0.5) is 0 Å². The van der Waals surface area contributed by atoms with Gasteiger partial charge in [-0.2, -0.15) is 9.82 Å². The number of hydrogen-bond donors (Lipinski definition) is 2. The predicted molar refractivity (Wildman–Crippen MR) is 104 cm³/mol. The molecule has 0 fully saturated rings. The Morgan fingerprint density at radius 2 is 1.93 bits per heavy atom. The van der Waals surface area contributed by atoms with Gasteiger partial charge in [-0.25, -0.2) is 18.1 Å². The number of hydrogen-bond acceptors (Lipinski definition) is 5. The van der Waals surface area contributed by atoms with Crippen LogP contribution in [0.3, 0.4) is 0 Å². The van der Waals surface area contributed by atoms with E-state index in [1.165, 1.54) is 31.2 Å². The van der Waals surface area contributed by atoms with Crippen molar-refractivity contribution in [2.24, 2.45) is 0 Å². The van der Waals surface area contributed by atoms with E-state index in [9.17, 15) is 13.2 Å². The topological polar surface area (TPSA) is 106 Å². The number of aromatic nitrogens is 3. The summed E-state index contributed by atoms with van der Waals surface area (Å²) in [5, 5.41) is 7.28. The number of halogens is 1. The van der Waals surface area contributed by atoms with Crippen LogP contribution >= 0.6 is 11.6 Å². The van der Waals surface area contributed by atoms with Gasteiger partial charge in [0.2, 0.25) is 15.9 Å². The van der Waals surface area contributed by atoms with Gasteiger partial charge in [0.05, 0.1) is 10.9 Å². The normalized spacial score (nSPS) is 12.5. The van der Waals surface area contributed by atoms with Crippen LogP contribution in [-0.4, -0.2) is 35.1 Å². The monoisotopic (exact) mass is 419 g/mol. The van der Waals surface area contributed by atoms with Gasteiger partial charge in [-0.1, -0.05) is 17.7 Å². The standard InChI is InChI=1S/C18H18ClN5O3S/c1-13(23-28(26,27)16-7-5-15(19)6-8-16)18(25)21-12-14-4-2-9-20-17(14)24-11-3-10-22-24/h2-11,13,23H,12H2,1H3,(H,21,25)/t13-/m0/s1. The summed E-state index contributed by atoms with van der Waals surface area (Å²) in [5.41, 5.74) is 0.743. The summed E-state index contributed by atoms with van der Waals surface area (Å²) in [4.78, 5) is 16.7. The fourth-order valence-electron chi connectivity index (χ4n) is 2.47. The molecule has 3 rings (SSSR count). The summed E-state index contributed by atoms with van der Waals surface area (Å²) >= 11 is 5.78. The highest BCUT2D eigenvalue weighted by atomic mass is 35.5. The lowest BCUT2D eigenvalue weighted by molar-refractivity contribution is -0.122. The summed E-state index contributed by atoms with van der Waals surface area (Å²) in [6.07, 6.45) is 5.01. The maximum Gasteiger partial charge on any atom is 0.241 e. The van der Waals surface area contributed by atoms with Crippen LogP contribution in [-0.2, 0) is 21.4 Å². The molecule has 8 nitrogen and oxygen atoms in total. The van der Waals surface area contributed by atoms with Gasteiger partial charge in [-0.05, 0) is 43.3 Å². The Labute approximate surface area is 167 Å². The van der Waals surface area contributed by atoms with Gasteiger partial charge >= 0.3 is 0 Å². The molecule has 28 heavy (non-hydrogen) atoms. The molecule has 0 unspecified atom stereocenters. The molecule has 0 radical (unpaired) electrons. The predicted octanol–water partition coefficient (Wildman–Crippen LogP) is 1.90. The van der Waals surface area contributed by atoms with E-state index >= 15 is 0 Å². The molecule has 0 aliphatic heterocycles. The van der Waals surface area contributed by atoms with Crippen LogP contribution in [0.2, 0.25) is 5.02 Å². The van der Waals surface area contributed by atoms with Crippen LogP contribution in [0.15, 0.2) is 66.0 Å². The Hall–Kier alpha value is -2.75. The van der Waals surface area contributed by atoms with Crippen molar-refractivity contribution >= 4 is 27.5 Å². The average molecular weight is 420 g/mol.